The van der Waals surface area contributed by atoms with Gasteiger partial charge in [0, 0.05) is 4.88 Å². The average molecular weight is 260 g/mol. The first-order chi connectivity index (χ1) is 7.52. The fourth-order valence-corrected chi connectivity index (χ4v) is 4.95. The lowest BCUT2D eigenvalue weighted by atomic mass is 10.0. The third kappa shape index (κ3) is 2.17. The van der Waals surface area contributed by atoms with Crippen molar-refractivity contribution in [3.8, 4) is 0 Å². The first-order valence-electron chi connectivity index (χ1n) is 5.46. The van der Waals surface area contributed by atoms with Gasteiger partial charge >= 0.3 is 0 Å². The van der Waals surface area contributed by atoms with Crippen LogP contribution in [0.2, 0.25) is 0 Å². The Morgan fingerprint density at radius 2 is 2.25 bits per heavy atom. The number of rotatable bonds is 2. The number of aliphatic hydroxyl groups excluding tert-OH is 1. The van der Waals surface area contributed by atoms with Gasteiger partial charge in [0.05, 0.1) is 17.1 Å². The van der Waals surface area contributed by atoms with Crippen LogP contribution < -0.4 is 0 Å². The molecule has 2 rings (SSSR count). The molecule has 1 N–H and O–H groups in total. The zero-order valence-electron chi connectivity index (χ0n) is 9.22. The largest absolute Gasteiger partial charge is 0.387 e. The molecular weight excluding hydrogens is 244 g/mol. The van der Waals surface area contributed by atoms with Gasteiger partial charge in [-0.05, 0) is 36.8 Å². The Labute approximate surface area is 100 Å². The molecule has 90 valence electrons. The van der Waals surface area contributed by atoms with Crippen molar-refractivity contribution in [1.82, 2.24) is 0 Å². The van der Waals surface area contributed by atoms with E-state index in [0.29, 0.717) is 6.42 Å². The van der Waals surface area contributed by atoms with Gasteiger partial charge in [0.25, 0.3) is 0 Å². The highest BCUT2D eigenvalue weighted by atomic mass is 32.2. The zero-order valence-corrected chi connectivity index (χ0v) is 10.9. The summed E-state index contributed by atoms with van der Waals surface area (Å²) in [5, 5.41) is 11.5. The molecule has 2 unspecified atom stereocenters. The van der Waals surface area contributed by atoms with Gasteiger partial charge in [-0.3, -0.25) is 0 Å². The molecule has 2 atom stereocenters. The molecule has 2 heterocycles. The number of sulfone groups is 1. The summed E-state index contributed by atoms with van der Waals surface area (Å²) in [4.78, 5) is 1.01. The van der Waals surface area contributed by atoms with Crippen molar-refractivity contribution in [3.05, 3.63) is 21.9 Å². The van der Waals surface area contributed by atoms with Crippen molar-refractivity contribution in [2.75, 3.05) is 5.75 Å². The Bertz CT molecular complexity index is 461. The van der Waals surface area contributed by atoms with E-state index in [1.807, 2.05) is 18.4 Å². The lowest BCUT2D eigenvalue weighted by molar-refractivity contribution is 0.164. The summed E-state index contributed by atoms with van der Waals surface area (Å²) < 4.78 is 23.7. The van der Waals surface area contributed by atoms with Gasteiger partial charge in [-0.15, -0.1) is 11.3 Å². The molecule has 1 aliphatic heterocycles. The van der Waals surface area contributed by atoms with Crippen molar-refractivity contribution in [3.63, 3.8) is 0 Å². The fourth-order valence-electron chi connectivity index (χ4n) is 2.24. The normalized spacial score (nSPS) is 26.5. The van der Waals surface area contributed by atoms with Crippen LogP contribution in [0.1, 0.15) is 35.8 Å². The summed E-state index contributed by atoms with van der Waals surface area (Å²) in [6.07, 6.45) is 1.36. The predicted molar refractivity (Wildman–Crippen MR) is 65.4 cm³/mol. The van der Waals surface area contributed by atoms with Crippen molar-refractivity contribution >= 4 is 21.2 Å². The van der Waals surface area contributed by atoms with E-state index in [0.717, 1.165) is 23.3 Å². The third-order valence-corrected chi connectivity index (χ3v) is 6.33. The van der Waals surface area contributed by atoms with E-state index in [9.17, 15) is 13.5 Å². The van der Waals surface area contributed by atoms with E-state index >= 15 is 0 Å². The predicted octanol–water partition coefficient (Wildman–Crippen LogP) is 2.06. The molecule has 0 spiro atoms. The second kappa shape index (κ2) is 4.47. The summed E-state index contributed by atoms with van der Waals surface area (Å²) in [5.41, 5.74) is 0.778. The Morgan fingerprint density at radius 3 is 2.81 bits per heavy atom. The molecule has 1 aliphatic rings. The molecule has 1 aromatic rings. The standard InChI is InChI=1S/C11H16O3S2/c1-8-9(5-6-15-8)11(12)10-4-2-3-7-16(10,13)14/h5-6,10-12H,2-4,7H2,1H3. The van der Waals surface area contributed by atoms with E-state index in [2.05, 4.69) is 0 Å². The van der Waals surface area contributed by atoms with Crippen molar-refractivity contribution in [1.29, 1.82) is 0 Å². The maximum Gasteiger partial charge on any atom is 0.156 e. The van der Waals surface area contributed by atoms with Crippen molar-refractivity contribution in [2.24, 2.45) is 0 Å². The Morgan fingerprint density at radius 1 is 1.50 bits per heavy atom. The Kier molecular flexibility index (Phi) is 3.37. The monoisotopic (exact) mass is 260 g/mol. The van der Waals surface area contributed by atoms with Crippen LogP contribution in [0.5, 0.6) is 0 Å². The summed E-state index contributed by atoms with van der Waals surface area (Å²) >= 11 is 1.54. The Balaban J connectivity index is 2.28. The highest BCUT2D eigenvalue weighted by molar-refractivity contribution is 7.92. The van der Waals surface area contributed by atoms with Crippen LogP contribution in [0.25, 0.3) is 0 Å². The van der Waals surface area contributed by atoms with E-state index in [-0.39, 0.29) is 5.75 Å². The molecule has 0 saturated carbocycles. The summed E-state index contributed by atoms with van der Waals surface area (Å²) in [7, 11) is -3.11. The lowest BCUT2D eigenvalue weighted by Crippen LogP contribution is -2.33. The minimum atomic E-state index is -3.11. The highest BCUT2D eigenvalue weighted by Gasteiger charge is 2.36. The molecule has 3 nitrogen and oxygen atoms in total. The first-order valence-corrected chi connectivity index (χ1v) is 8.05. The molecule has 0 amide bonds. The smallest absolute Gasteiger partial charge is 0.156 e. The number of hydrogen-bond acceptors (Lipinski definition) is 4. The molecule has 1 fully saturated rings. The average Bonchev–Trinajstić information content (AvgIpc) is 2.63. The number of hydrogen-bond donors (Lipinski definition) is 1. The van der Waals surface area contributed by atoms with Crippen molar-refractivity contribution < 1.29 is 13.5 Å². The Hall–Kier alpha value is -0.390. The van der Waals surface area contributed by atoms with Crippen LogP contribution in [0, 0.1) is 6.92 Å². The number of aliphatic hydroxyl groups is 1. The van der Waals surface area contributed by atoms with Crippen LogP contribution in [-0.4, -0.2) is 24.5 Å². The van der Waals surface area contributed by atoms with Gasteiger partial charge in [0.1, 0.15) is 0 Å². The van der Waals surface area contributed by atoms with Crippen LogP contribution in [0.3, 0.4) is 0 Å². The minimum Gasteiger partial charge on any atom is -0.387 e. The second-order valence-corrected chi connectivity index (χ2v) is 7.74. The van der Waals surface area contributed by atoms with Gasteiger partial charge in [-0.2, -0.15) is 0 Å². The van der Waals surface area contributed by atoms with E-state index in [1.165, 1.54) is 0 Å². The van der Waals surface area contributed by atoms with Gasteiger partial charge in [0.2, 0.25) is 0 Å². The first kappa shape index (κ1) is 12.1. The molecule has 1 aromatic heterocycles. The van der Waals surface area contributed by atoms with Gasteiger partial charge < -0.3 is 5.11 Å². The molecule has 0 aromatic carbocycles. The topological polar surface area (TPSA) is 54.4 Å². The minimum absolute atomic E-state index is 0.220. The van der Waals surface area contributed by atoms with Crippen LogP contribution in [0.15, 0.2) is 11.4 Å². The van der Waals surface area contributed by atoms with E-state index in [1.54, 1.807) is 11.3 Å². The van der Waals surface area contributed by atoms with Crippen molar-refractivity contribution in [2.45, 2.75) is 37.5 Å². The highest BCUT2D eigenvalue weighted by Crippen LogP contribution is 2.33. The van der Waals surface area contributed by atoms with Crippen LogP contribution in [-0.2, 0) is 9.84 Å². The third-order valence-electron chi connectivity index (χ3n) is 3.20. The lowest BCUT2D eigenvalue weighted by Gasteiger charge is -2.26. The molecule has 16 heavy (non-hydrogen) atoms. The quantitative estimate of drug-likeness (QED) is 0.885. The van der Waals surface area contributed by atoms with Gasteiger partial charge in [-0.1, -0.05) is 6.42 Å². The van der Waals surface area contributed by atoms with Gasteiger partial charge in [-0.25, -0.2) is 8.42 Å². The van der Waals surface area contributed by atoms with E-state index in [4.69, 9.17) is 0 Å². The SMILES string of the molecule is Cc1sccc1C(O)C1CCCCS1(=O)=O. The number of thiophene rings is 1. The summed E-state index contributed by atoms with van der Waals surface area (Å²) in [6.45, 7) is 1.92. The molecule has 5 heteroatoms. The number of aryl methyl sites for hydroxylation is 1. The molecule has 0 radical (unpaired) electrons. The molecule has 0 bridgehead atoms. The maximum atomic E-state index is 11.9. The zero-order chi connectivity index (χ0) is 11.8. The van der Waals surface area contributed by atoms with E-state index < -0.39 is 21.2 Å². The van der Waals surface area contributed by atoms with Gasteiger partial charge in [0.15, 0.2) is 9.84 Å². The van der Waals surface area contributed by atoms with Crippen LogP contribution >= 0.6 is 11.3 Å². The molecule has 1 saturated heterocycles. The molecular formula is C11H16O3S2. The van der Waals surface area contributed by atoms with Crippen LogP contribution in [0.4, 0.5) is 0 Å². The maximum absolute atomic E-state index is 11.9. The molecule has 0 aliphatic carbocycles. The fraction of sp³-hybridized carbons (Fsp3) is 0.636. The summed E-state index contributed by atoms with van der Waals surface area (Å²) in [6, 6.07) is 1.83. The second-order valence-electron chi connectivity index (χ2n) is 4.28. The summed E-state index contributed by atoms with van der Waals surface area (Å²) in [5.74, 6) is 0.220.